The molecular weight excluding hydrogens is 414 g/mol. The molecule has 1 fully saturated rings. The predicted molar refractivity (Wildman–Crippen MR) is 126 cm³/mol. The molecule has 0 spiro atoms. The van der Waals surface area contributed by atoms with E-state index in [2.05, 4.69) is 10.6 Å². The molecule has 4 rings (SSSR count). The molecule has 3 aromatic rings. The Kier molecular flexibility index (Phi) is 6.54. The van der Waals surface area contributed by atoms with Crippen LogP contribution in [0.2, 0.25) is 0 Å². The van der Waals surface area contributed by atoms with Crippen molar-refractivity contribution in [2.24, 2.45) is 0 Å². The van der Waals surface area contributed by atoms with Crippen molar-refractivity contribution in [3.8, 4) is 0 Å². The van der Waals surface area contributed by atoms with Gasteiger partial charge in [-0.1, -0.05) is 104 Å². The van der Waals surface area contributed by atoms with Gasteiger partial charge in [0.25, 0.3) is 5.91 Å². The Morgan fingerprint density at radius 1 is 0.879 bits per heavy atom. The average molecular weight is 442 g/mol. The van der Waals surface area contributed by atoms with Crippen LogP contribution in [-0.4, -0.2) is 29.3 Å². The van der Waals surface area contributed by atoms with Gasteiger partial charge in [0.15, 0.2) is 0 Å². The summed E-state index contributed by atoms with van der Waals surface area (Å²) in [6.07, 6.45) is 1.15. The van der Waals surface area contributed by atoms with E-state index >= 15 is 0 Å². The third kappa shape index (κ3) is 4.51. The minimum absolute atomic E-state index is 0.348. The average Bonchev–Trinajstić information content (AvgIpc) is 3.09. The lowest BCUT2D eigenvalue weighted by Crippen LogP contribution is -2.45. The number of imide groups is 1. The fraction of sp³-hybridized carbons (Fsp3) is 0.222. The van der Waals surface area contributed by atoms with Crippen molar-refractivity contribution in [2.75, 3.05) is 6.54 Å². The van der Waals surface area contributed by atoms with Gasteiger partial charge in [0.05, 0.1) is 6.04 Å². The van der Waals surface area contributed by atoms with E-state index in [1.54, 1.807) is 0 Å². The Labute approximate surface area is 193 Å². The van der Waals surface area contributed by atoms with Gasteiger partial charge < -0.3 is 10.6 Å². The first kappa shape index (κ1) is 22.3. The number of benzene rings is 3. The van der Waals surface area contributed by atoms with E-state index in [1.165, 1.54) is 0 Å². The first-order chi connectivity index (χ1) is 16.0. The van der Waals surface area contributed by atoms with E-state index in [9.17, 15) is 14.4 Å². The summed E-state index contributed by atoms with van der Waals surface area (Å²) in [6.45, 7) is 1.61. The van der Waals surface area contributed by atoms with E-state index in [4.69, 9.17) is 0 Å². The molecule has 1 saturated heterocycles. The Balaban J connectivity index is 1.56. The van der Waals surface area contributed by atoms with Gasteiger partial charge in [-0.05, 0) is 23.1 Å². The fourth-order valence-corrected chi connectivity index (χ4v) is 4.38. The maximum atomic E-state index is 13.5. The highest BCUT2D eigenvalue weighted by Gasteiger charge is 2.52. The molecule has 4 amide bonds. The number of hydrogen-bond donors (Lipinski definition) is 2. The molecule has 1 atom stereocenters. The van der Waals surface area contributed by atoms with Crippen molar-refractivity contribution in [3.63, 3.8) is 0 Å². The number of hydrogen-bond acceptors (Lipinski definition) is 3. The summed E-state index contributed by atoms with van der Waals surface area (Å²) < 4.78 is 0. The molecule has 3 aromatic carbocycles. The van der Waals surface area contributed by atoms with Crippen molar-refractivity contribution < 1.29 is 14.4 Å². The van der Waals surface area contributed by atoms with Gasteiger partial charge in [-0.3, -0.25) is 14.5 Å². The molecule has 0 bridgehead atoms. The number of nitrogens with zero attached hydrogens (tertiary/aromatic N) is 1. The molecule has 0 aromatic heterocycles. The Morgan fingerprint density at radius 3 is 1.91 bits per heavy atom. The van der Waals surface area contributed by atoms with Crippen LogP contribution in [-0.2, 0) is 15.1 Å². The lowest BCUT2D eigenvalue weighted by Gasteiger charge is -2.27. The summed E-state index contributed by atoms with van der Waals surface area (Å²) in [6, 6.07) is 27.5. The first-order valence-electron chi connectivity index (χ1n) is 11.1. The highest BCUT2D eigenvalue weighted by molar-refractivity contribution is 6.09. The highest BCUT2D eigenvalue weighted by atomic mass is 16.2. The fourth-order valence-electron chi connectivity index (χ4n) is 4.38. The molecule has 168 valence electrons. The second-order valence-corrected chi connectivity index (χ2v) is 8.16. The Bertz CT molecular complexity index is 1080. The van der Waals surface area contributed by atoms with Crippen molar-refractivity contribution in [2.45, 2.75) is 31.3 Å². The molecule has 0 radical (unpaired) electrons. The summed E-state index contributed by atoms with van der Waals surface area (Å²) in [5, 5.41) is 5.87. The van der Waals surface area contributed by atoms with Crippen LogP contribution in [0.4, 0.5) is 4.79 Å². The number of nitrogens with one attached hydrogen (secondary N) is 2. The van der Waals surface area contributed by atoms with E-state index < -0.39 is 29.4 Å². The van der Waals surface area contributed by atoms with E-state index in [1.807, 2.05) is 97.9 Å². The van der Waals surface area contributed by atoms with Crippen LogP contribution in [0.5, 0.6) is 0 Å². The van der Waals surface area contributed by atoms with Gasteiger partial charge >= 0.3 is 6.03 Å². The van der Waals surface area contributed by atoms with Crippen LogP contribution < -0.4 is 10.6 Å². The number of carbonyl (C=O) groups is 3. The third-order valence-corrected chi connectivity index (χ3v) is 5.94. The monoisotopic (exact) mass is 441 g/mol. The van der Waals surface area contributed by atoms with Crippen LogP contribution in [0.15, 0.2) is 91.0 Å². The topological polar surface area (TPSA) is 78.5 Å². The van der Waals surface area contributed by atoms with Crippen LogP contribution >= 0.6 is 0 Å². The number of amides is 4. The van der Waals surface area contributed by atoms with Gasteiger partial charge in [-0.25, -0.2) is 4.79 Å². The molecule has 1 heterocycles. The maximum absolute atomic E-state index is 13.5. The molecule has 1 aliphatic rings. The van der Waals surface area contributed by atoms with E-state index in [-0.39, 0.29) is 6.54 Å². The lowest BCUT2D eigenvalue weighted by molar-refractivity contribution is -0.135. The van der Waals surface area contributed by atoms with Gasteiger partial charge in [0.1, 0.15) is 12.1 Å². The smallest absolute Gasteiger partial charge is 0.325 e. The minimum atomic E-state index is -1.15. The zero-order chi connectivity index (χ0) is 23.3. The van der Waals surface area contributed by atoms with Crippen molar-refractivity contribution in [1.82, 2.24) is 15.5 Å². The summed E-state index contributed by atoms with van der Waals surface area (Å²) in [5.74, 6) is -0.803. The molecule has 6 heteroatoms. The SMILES string of the molecule is CCC[C@@]1(c2ccccc2)NC(=O)N(CC(=O)NC(c2ccccc2)c2ccccc2)C1=O. The van der Waals surface area contributed by atoms with Crippen LogP contribution in [0.1, 0.15) is 42.5 Å². The molecular formula is C27H27N3O3. The lowest BCUT2D eigenvalue weighted by atomic mass is 9.85. The summed E-state index contributed by atoms with van der Waals surface area (Å²) in [4.78, 5) is 40.4. The molecule has 0 unspecified atom stereocenters. The number of carbonyl (C=O) groups excluding carboxylic acids is 3. The van der Waals surface area contributed by atoms with E-state index in [0.29, 0.717) is 12.8 Å². The molecule has 0 aliphatic carbocycles. The molecule has 2 N–H and O–H groups in total. The summed E-state index contributed by atoms with van der Waals surface area (Å²) in [5.41, 5.74) is 1.41. The second kappa shape index (κ2) is 9.69. The van der Waals surface area contributed by atoms with Crippen LogP contribution in [0.3, 0.4) is 0 Å². The van der Waals surface area contributed by atoms with Crippen molar-refractivity contribution >= 4 is 17.8 Å². The molecule has 6 nitrogen and oxygen atoms in total. The van der Waals surface area contributed by atoms with Crippen LogP contribution in [0, 0.1) is 0 Å². The quantitative estimate of drug-likeness (QED) is 0.516. The van der Waals surface area contributed by atoms with Crippen molar-refractivity contribution in [3.05, 3.63) is 108 Å². The van der Waals surface area contributed by atoms with Crippen molar-refractivity contribution in [1.29, 1.82) is 0 Å². The van der Waals surface area contributed by atoms with Crippen LogP contribution in [0.25, 0.3) is 0 Å². The first-order valence-corrected chi connectivity index (χ1v) is 11.1. The zero-order valence-electron chi connectivity index (χ0n) is 18.5. The maximum Gasteiger partial charge on any atom is 0.325 e. The summed E-state index contributed by atoms with van der Waals surface area (Å²) in [7, 11) is 0. The second-order valence-electron chi connectivity index (χ2n) is 8.16. The number of urea groups is 1. The van der Waals surface area contributed by atoms with Gasteiger partial charge in [-0.2, -0.15) is 0 Å². The zero-order valence-corrected chi connectivity index (χ0v) is 18.5. The third-order valence-electron chi connectivity index (χ3n) is 5.94. The summed E-state index contributed by atoms with van der Waals surface area (Å²) >= 11 is 0. The van der Waals surface area contributed by atoms with E-state index in [0.717, 1.165) is 21.6 Å². The minimum Gasteiger partial charge on any atom is -0.344 e. The highest BCUT2D eigenvalue weighted by Crippen LogP contribution is 2.33. The largest absolute Gasteiger partial charge is 0.344 e. The van der Waals surface area contributed by atoms with Gasteiger partial charge in [-0.15, -0.1) is 0 Å². The van der Waals surface area contributed by atoms with Gasteiger partial charge in [0.2, 0.25) is 5.91 Å². The molecule has 33 heavy (non-hydrogen) atoms. The van der Waals surface area contributed by atoms with Gasteiger partial charge in [0, 0.05) is 0 Å². The molecule has 1 aliphatic heterocycles. The standard InChI is InChI=1S/C27H27N3O3/c1-2-18-27(22-16-10-5-11-17-22)25(32)30(26(33)29-27)19-23(31)28-24(20-12-6-3-7-13-20)21-14-8-4-9-15-21/h3-17,24H,2,18-19H2,1H3,(H,28,31)(H,29,33)/t27-/m0/s1. The normalized spacial score (nSPS) is 17.8. The Morgan fingerprint density at radius 2 is 1.39 bits per heavy atom. The number of rotatable bonds is 8. The Hall–Kier alpha value is -3.93. The molecule has 0 saturated carbocycles. The predicted octanol–water partition coefficient (Wildman–Crippen LogP) is 4.14.